The second kappa shape index (κ2) is 6.82. The van der Waals surface area contributed by atoms with Crippen molar-refractivity contribution in [3.8, 4) is 0 Å². The Labute approximate surface area is 96.3 Å². The van der Waals surface area contributed by atoms with Crippen LogP contribution >= 0.6 is 0 Å². The van der Waals surface area contributed by atoms with Crippen molar-refractivity contribution >= 4 is 11.8 Å². The molecule has 1 aliphatic heterocycles. The molecule has 1 amide bonds. The lowest BCUT2D eigenvalue weighted by Crippen LogP contribution is -2.37. The lowest BCUT2D eigenvalue weighted by atomic mass is 10.3. The van der Waals surface area contributed by atoms with E-state index in [0.29, 0.717) is 26.2 Å². The summed E-state index contributed by atoms with van der Waals surface area (Å²) in [6.07, 6.45) is 7.73. The van der Waals surface area contributed by atoms with E-state index in [2.05, 4.69) is 4.99 Å². The standard InChI is InChI=1S/C12H18N2O2/c1-3-5-8-14(9-6-4-2)12(15)11-13-7-10-16-11/h3-6H,7-10H2,1-2H3. The van der Waals surface area contributed by atoms with Crippen LogP contribution in [0.2, 0.25) is 0 Å². The van der Waals surface area contributed by atoms with Crippen molar-refractivity contribution in [3.05, 3.63) is 24.3 Å². The Morgan fingerprint density at radius 2 is 2.00 bits per heavy atom. The van der Waals surface area contributed by atoms with Gasteiger partial charge in [-0.3, -0.25) is 4.79 Å². The Kier molecular flexibility index (Phi) is 5.32. The van der Waals surface area contributed by atoms with Crippen LogP contribution in [0.4, 0.5) is 0 Å². The summed E-state index contributed by atoms with van der Waals surface area (Å²) in [5, 5.41) is 0. The average molecular weight is 222 g/mol. The van der Waals surface area contributed by atoms with Crippen LogP contribution in [0.1, 0.15) is 13.8 Å². The summed E-state index contributed by atoms with van der Waals surface area (Å²) in [5.41, 5.74) is 0. The topological polar surface area (TPSA) is 41.9 Å². The van der Waals surface area contributed by atoms with E-state index in [-0.39, 0.29) is 11.8 Å². The van der Waals surface area contributed by atoms with Gasteiger partial charge < -0.3 is 9.64 Å². The number of nitrogens with zero attached hydrogens (tertiary/aromatic N) is 2. The largest absolute Gasteiger partial charge is 0.472 e. The molecule has 0 fully saturated rings. The number of amides is 1. The molecule has 88 valence electrons. The zero-order chi connectivity index (χ0) is 11.8. The lowest BCUT2D eigenvalue weighted by molar-refractivity contribution is -0.124. The molecule has 0 aromatic rings. The quantitative estimate of drug-likeness (QED) is 0.660. The third-order valence-corrected chi connectivity index (χ3v) is 2.18. The van der Waals surface area contributed by atoms with E-state index in [1.54, 1.807) is 4.90 Å². The van der Waals surface area contributed by atoms with E-state index < -0.39 is 0 Å². The Morgan fingerprint density at radius 3 is 2.44 bits per heavy atom. The molecule has 4 heteroatoms. The molecule has 1 rings (SSSR count). The van der Waals surface area contributed by atoms with Gasteiger partial charge in [0.1, 0.15) is 6.61 Å². The van der Waals surface area contributed by atoms with Crippen molar-refractivity contribution in [3.63, 3.8) is 0 Å². The molecule has 0 saturated carbocycles. The number of ether oxygens (including phenoxy) is 1. The van der Waals surface area contributed by atoms with Gasteiger partial charge in [-0.2, -0.15) is 0 Å². The summed E-state index contributed by atoms with van der Waals surface area (Å²) in [6, 6.07) is 0. The molecule has 4 nitrogen and oxygen atoms in total. The highest BCUT2D eigenvalue weighted by Crippen LogP contribution is 2.01. The molecule has 0 saturated heterocycles. The van der Waals surface area contributed by atoms with Crippen molar-refractivity contribution in [2.45, 2.75) is 13.8 Å². The van der Waals surface area contributed by atoms with Crippen LogP contribution < -0.4 is 0 Å². The molecule has 0 N–H and O–H groups in total. The van der Waals surface area contributed by atoms with Gasteiger partial charge in [-0.25, -0.2) is 4.99 Å². The second-order valence-electron chi connectivity index (χ2n) is 3.38. The van der Waals surface area contributed by atoms with Crippen LogP contribution in [0.3, 0.4) is 0 Å². The van der Waals surface area contributed by atoms with Crippen LogP contribution in [-0.2, 0) is 9.53 Å². The zero-order valence-corrected chi connectivity index (χ0v) is 9.85. The molecule has 0 spiro atoms. The molecule has 0 unspecified atom stereocenters. The summed E-state index contributed by atoms with van der Waals surface area (Å²) in [7, 11) is 0. The van der Waals surface area contributed by atoms with Crippen LogP contribution in [0.15, 0.2) is 29.3 Å². The van der Waals surface area contributed by atoms with Gasteiger partial charge in [-0.15, -0.1) is 0 Å². The minimum absolute atomic E-state index is 0.131. The number of carbonyl (C=O) groups is 1. The number of carbonyl (C=O) groups excluding carboxylic acids is 1. The fourth-order valence-electron chi connectivity index (χ4n) is 1.31. The predicted octanol–water partition coefficient (Wildman–Crippen LogP) is 1.40. The number of hydrogen-bond acceptors (Lipinski definition) is 3. The second-order valence-corrected chi connectivity index (χ2v) is 3.38. The van der Waals surface area contributed by atoms with Crippen LogP contribution in [0.5, 0.6) is 0 Å². The zero-order valence-electron chi connectivity index (χ0n) is 9.85. The van der Waals surface area contributed by atoms with Crippen molar-refractivity contribution in [1.82, 2.24) is 4.90 Å². The molecular formula is C12H18N2O2. The van der Waals surface area contributed by atoms with E-state index in [1.807, 2.05) is 38.2 Å². The van der Waals surface area contributed by atoms with Crippen LogP contribution in [0.25, 0.3) is 0 Å². The smallest absolute Gasteiger partial charge is 0.309 e. The fraction of sp³-hybridized carbons (Fsp3) is 0.500. The summed E-state index contributed by atoms with van der Waals surface area (Å²) in [5.74, 6) is 0.114. The van der Waals surface area contributed by atoms with Crippen LogP contribution in [-0.4, -0.2) is 42.9 Å². The predicted molar refractivity (Wildman–Crippen MR) is 64.5 cm³/mol. The molecule has 0 bridgehead atoms. The molecule has 0 aromatic carbocycles. The van der Waals surface area contributed by atoms with Gasteiger partial charge >= 0.3 is 5.91 Å². The van der Waals surface area contributed by atoms with Gasteiger partial charge in [-0.1, -0.05) is 24.3 Å². The number of allylic oxidation sites excluding steroid dienone is 2. The molecule has 0 radical (unpaired) electrons. The normalized spacial score (nSPS) is 15.5. The van der Waals surface area contributed by atoms with Crippen molar-refractivity contribution in [2.24, 2.45) is 4.99 Å². The van der Waals surface area contributed by atoms with Gasteiger partial charge in [0.05, 0.1) is 6.54 Å². The third-order valence-electron chi connectivity index (χ3n) is 2.18. The third kappa shape index (κ3) is 3.53. The Bertz CT molecular complexity index is 305. The minimum atomic E-state index is -0.131. The summed E-state index contributed by atoms with van der Waals surface area (Å²) < 4.78 is 5.17. The van der Waals surface area contributed by atoms with E-state index in [9.17, 15) is 4.79 Å². The Hall–Kier alpha value is -1.58. The number of hydrogen-bond donors (Lipinski definition) is 0. The first-order chi connectivity index (χ1) is 7.79. The van der Waals surface area contributed by atoms with E-state index >= 15 is 0 Å². The first-order valence-electron chi connectivity index (χ1n) is 5.48. The highest BCUT2D eigenvalue weighted by Gasteiger charge is 2.22. The van der Waals surface area contributed by atoms with Crippen molar-refractivity contribution < 1.29 is 9.53 Å². The Balaban J connectivity index is 2.62. The molecule has 1 aliphatic rings. The highest BCUT2D eigenvalue weighted by molar-refractivity contribution is 6.35. The highest BCUT2D eigenvalue weighted by atomic mass is 16.5. The van der Waals surface area contributed by atoms with Crippen molar-refractivity contribution in [1.29, 1.82) is 0 Å². The van der Waals surface area contributed by atoms with Gasteiger partial charge in [0.2, 0.25) is 0 Å². The lowest BCUT2D eigenvalue weighted by Gasteiger charge is -2.18. The van der Waals surface area contributed by atoms with E-state index in [1.165, 1.54) is 0 Å². The first kappa shape index (κ1) is 12.5. The van der Waals surface area contributed by atoms with Crippen LogP contribution in [0, 0.1) is 0 Å². The maximum Gasteiger partial charge on any atom is 0.309 e. The molecular weight excluding hydrogens is 204 g/mol. The molecule has 1 heterocycles. The Morgan fingerprint density at radius 1 is 1.38 bits per heavy atom. The van der Waals surface area contributed by atoms with Gasteiger partial charge in [0.25, 0.3) is 5.90 Å². The average Bonchev–Trinajstić information content (AvgIpc) is 2.82. The minimum Gasteiger partial charge on any atom is -0.472 e. The summed E-state index contributed by atoms with van der Waals surface area (Å²) in [4.78, 5) is 17.7. The molecule has 0 aromatic heterocycles. The van der Waals surface area contributed by atoms with E-state index in [0.717, 1.165) is 0 Å². The van der Waals surface area contributed by atoms with Gasteiger partial charge in [-0.05, 0) is 13.8 Å². The number of rotatable bonds is 5. The molecule has 16 heavy (non-hydrogen) atoms. The first-order valence-corrected chi connectivity index (χ1v) is 5.48. The monoisotopic (exact) mass is 222 g/mol. The van der Waals surface area contributed by atoms with Gasteiger partial charge in [0, 0.05) is 13.1 Å². The van der Waals surface area contributed by atoms with E-state index in [4.69, 9.17) is 4.74 Å². The maximum absolute atomic E-state index is 12.0. The molecule has 0 aliphatic carbocycles. The SMILES string of the molecule is CC=CCN(CC=CC)C(=O)C1=NCCO1. The van der Waals surface area contributed by atoms with Gasteiger partial charge in [0.15, 0.2) is 0 Å². The number of aliphatic imine (C=N–C) groups is 1. The fourth-order valence-corrected chi connectivity index (χ4v) is 1.31. The maximum atomic E-state index is 12.0. The van der Waals surface area contributed by atoms with Crippen molar-refractivity contribution in [2.75, 3.05) is 26.2 Å². The molecule has 0 atom stereocenters. The summed E-state index contributed by atoms with van der Waals surface area (Å²) >= 11 is 0. The summed E-state index contributed by atoms with van der Waals surface area (Å²) in [6.45, 7) is 6.14.